The van der Waals surface area contributed by atoms with Crippen molar-refractivity contribution in [3.63, 3.8) is 0 Å². The summed E-state index contributed by atoms with van der Waals surface area (Å²) in [4.78, 5) is 25.4. The lowest BCUT2D eigenvalue weighted by atomic mass is 10.1. The molecule has 0 aliphatic carbocycles. The van der Waals surface area contributed by atoms with Crippen LogP contribution >= 0.6 is 43.5 Å². The number of carbonyl (C=O) groups is 2. The highest BCUT2D eigenvalue weighted by Crippen LogP contribution is 2.22. The maximum atomic E-state index is 12.7. The van der Waals surface area contributed by atoms with E-state index < -0.39 is 6.17 Å². The lowest BCUT2D eigenvalue weighted by Crippen LogP contribution is -2.41. The average molecular weight is 523 g/mol. The number of hydrogen-bond acceptors (Lipinski definition) is 2. The molecular weight excluding hydrogens is 508 g/mol. The van der Waals surface area contributed by atoms with Gasteiger partial charge in [-0.1, -0.05) is 61.7 Å². The highest BCUT2D eigenvalue weighted by Gasteiger charge is 2.21. The van der Waals surface area contributed by atoms with Crippen LogP contribution < -0.4 is 10.6 Å². The highest BCUT2D eigenvalue weighted by atomic mass is 79.9. The summed E-state index contributed by atoms with van der Waals surface area (Å²) in [6.45, 7) is 0. The third-order valence-corrected chi connectivity index (χ3v) is 5.38. The summed E-state index contributed by atoms with van der Waals surface area (Å²) in [5, 5.41) is 6.13. The van der Waals surface area contributed by atoms with Crippen LogP contribution in [0.1, 0.15) is 32.4 Å². The van der Waals surface area contributed by atoms with Gasteiger partial charge in [-0.15, -0.1) is 0 Å². The van der Waals surface area contributed by atoms with E-state index in [1.807, 2.05) is 0 Å². The minimum atomic E-state index is -0.791. The van der Waals surface area contributed by atoms with Gasteiger partial charge in [-0.3, -0.25) is 9.59 Å². The highest BCUT2D eigenvalue weighted by molar-refractivity contribution is 9.10. The monoisotopic (exact) mass is 520 g/mol. The normalized spacial score (nSPS) is 10.6. The molecule has 0 spiro atoms. The molecule has 142 valence electrons. The van der Waals surface area contributed by atoms with E-state index in [-0.39, 0.29) is 11.8 Å². The molecule has 0 saturated carbocycles. The van der Waals surface area contributed by atoms with E-state index in [4.69, 9.17) is 11.6 Å². The summed E-state index contributed by atoms with van der Waals surface area (Å²) in [5.41, 5.74) is 1.54. The van der Waals surface area contributed by atoms with Crippen LogP contribution in [0.25, 0.3) is 0 Å². The predicted molar refractivity (Wildman–Crippen MR) is 117 cm³/mol. The van der Waals surface area contributed by atoms with Gasteiger partial charge in [0.15, 0.2) is 0 Å². The number of hydrogen-bond donors (Lipinski definition) is 2. The summed E-state index contributed by atoms with van der Waals surface area (Å²) in [5.74, 6) is -0.651. The summed E-state index contributed by atoms with van der Waals surface area (Å²) < 4.78 is 1.74. The summed E-state index contributed by atoms with van der Waals surface area (Å²) in [7, 11) is 0. The number of halogens is 3. The molecule has 7 heteroatoms. The van der Waals surface area contributed by atoms with Crippen LogP contribution in [0.2, 0.25) is 5.02 Å². The van der Waals surface area contributed by atoms with Crippen molar-refractivity contribution in [2.75, 3.05) is 0 Å². The van der Waals surface area contributed by atoms with E-state index in [9.17, 15) is 9.59 Å². The second-order valence-electron chi connectivity index (χ2n) is 5.92. The van der Waals surface area contributed by atoms with Crippen LogP contribution in [-0.2, 0) is 0 Å². The first-order valence-corrected chi connectivity index (χ1v) is 10.3. The Labute approximate surface area is 184 Å². The lowest BCUT2D eigenvalue weighted by molar-refractivity contribution is 0.0883. The molecule has 28 heavy (non-hydrogen) atoms. The van der Waals surface area contributed by atoms with Crippen molar-refractivity contribution >= 4 is 55.3 Å². The first kappa shape index (κ1) is 20.6. The first-order chi connectivity index (χ1) is 13.4. The molecule has 3 rings (SSSR count). The zero-order valence-corrected chi connectivity index (χ0v) is 18.4. The minimum absolute atomic E-state index is 0.325. The number of carbonyl (C=O) groups excluding carboxylic acids is 2. The Morgan fingerprint density at radius 2 is 1.14 bits per heavy atom. The molecule has 2 amide bonds. The number of rotatable bonds is 5. The maximum Gasteiger partial charge on any atom is 0.253 e. The van der Waals surface area contributed by atoms with Crippen molar-refractivity contribution in [3.05, 3.63) is 103 Å². The molecule has 0 radical (unpaired) electrons. The van der Waals surface area contributed by atoms with Crippen LogP contribution in [0.3, 0.4) is 0 Å². The van der Waals surface area contributed by atoms with Crippen molar-refractivity contribution < 1.29 is 9.59 Å². The predicted octanol–water partition coefficient (Wildman–Crippen LogP) is 5.72. The Kier molecular flexibility index (Phi) is 6.88. The molecule has 0 heterocycles. The van der Waals surface area contributed by atoms with Gasteiger partial charge in [0.1, 0.15) is 6.17 Å². The molecule has 0 aromatic heterocycles. The molecular formula is C21H15Br2ClN2O2. The topological polar surface area (TPSA) is 58.2 Å². The van der Waals surface area contributed by atoms with Crippen molar-refractivity contribution in [1.29, 1.82) is 0 Å². The van der Waals surface area contributed by atoms with E-state index in [0.717, 1.165) is 8.95 Å². The van der Waals surface area contributed by atoms with E-state index in [1.54, 1.807) is 72.8 Å². The maximum absolute atomic E-state index is 12.7. The van der Waals surface area contributed by atoms with E-state index in [2.05, 4.69) is 42.5 Å². The molecule has 0 aliphatic heterocycles. The standard InChI is InChI=1S/C21H15Br2ClN2O2/c22-15-9-5-13(6-10-15)20(27)25-19(17-3-1-2-4-18(17)24)26-21(28)14-7-11-16(23)12-8-14/h1-12,19H,(H,25,27)(H,26,28). The van der Waals surface area contributed by atoms with Crippen molar-refractivity contribution in [2.24, 2.45) is 0 Å². The van der Waals surface area contributed by atoms with E-state index >= 15 is 0 Å². The Bertz CT molecular complexity index is 933. The molecule has 0 saturated heterocycles. The number of amides is 2. The van der Waals surface area contributed by atoms with Gasteiger partial charge in [0.2, 0.25) is 0 Å². The van der Waals surface area contributed by atoms with Crippen LogP contribution in [-0.4, -0.2) is 11.8 Å². The third kappa shape index (κ3) is 5.22. The van der Waals surface area contributed by atoms with E-state index in [0.29, 0.717) is 21.7 Å². The second-order valence-corrected chi connectivity index (χ2v) is 8.15. The summed E-state index contributed by atoms with van der Waals surface area (Å²) in [6, 6.07) is 20.9. The molecule has 3 aromatic carbocycles. The zero-order chi connectivity index (χ0) is 20.1. The second kappa shape index (κ2) is 9.37. The average Bonchev–Trinajstić information content (AvgIpc) is 2.69. The molecule has 0 atom stereocenters. The van der Waals surface area contributed by atoms with Gasteiger partial charge in [0.25, 0.3) is 11.8 Å². The van der Waals surface area contributed by atoms with Gasteiger partial charge in [-0.2, -0.15) is 0 Å². The number of benzene rings is 3. The molecule has 4 nitrogen and oxygen atoms in total. The largest absolute Gasteiger partial charge is 0.328 e. The Hall–Kier alpha value is -2.15. The molecule has 2 N–H and O–H groups in total. The fourth-order valence-electron chi connectivity index (χ4n) is 2.53. The van der Waals surface area contributed by atoms with Crippen LogP contribution in [0.5, 0.6) is 0 Å². The van der Waals surface area contributed by atoms with Crippen molar-refractivity contribution in [1.82, 2.24) is 10.6 Å². The minimum Gasteiger partial charge on any atom is -0.328 e. The Morgan fingerprint density at radius 3 is 1.57 bits per heavy atom. The summed E-state index contributed by atoms with van der Waals surface area (Å²) >= 11 is 13.0. The fourth-order valence-corrected chi connectivity index (χ4v) is 3.31. The van der Waals surface area contributed by atoms with Gasteiger partial charge < -0.3 is 10.6 Å². The molecule has 3 aromatic rings. The van der Waals surface area contributed by atoms with Gasteiger partial charge in [0, 0.05) is 30.7 Å². The number of nitrogens with one attached hydrogen (secondary N) is 2. The van der Waals surface area contributed by atoms with Crippen molar-refractivity contribution in [2.45, 2.75) is 6.17 Å². The Balaban J connectivity index is 1.86. The van der Waals surface area contributed by atoms with Crippen LogP contribution in [0, 0.1) is 0 Å². The first-order valence-electron chi connectivity index (χ1n) is 8.31. The Morgan fingerprint density at radius 1 is 0.714 bits per heavy atom. The zero-order valence-electron chi connectivity index (χ0n) is 14.5. The smallest absolute Gasteiger partial charge is 0.253 e. The van der Waals surface area contributed by atoms with E-state index in [1.165, 1.54) is 0 Å². The third-order valence-electron chi connectivity index (χ3n) is 3.98. The van der Waals surface area contributed by atoms with Gasteiger partial charge in [-0.05, 0) is 54.6 Å². The van der Waals surface area contributed by atoms with Crippen molar-refractivity contribution in [3.8, 4) is 0 Å². The van der Waals surface area contributed by atoms with Gasteiger partial charge in [-0.25, -0.2) is 0 Å². The summed E-state index contributed by atoms with van der Waals surface area (Å²) in [6.07, 6.45) is -0.791. The fraction of sp³-hybridized carbons (Fsp3) is 0.0476. The molecule has 0 bridgehead atoms. The quantitative estimate of drug-likeness (QED) is 0.421. The lowest BCUT2D eigenvalue weighted by Gasteiger charge is -2.22. The SMILES string of the molecule is O=C(NC(NC(=O)c1ccc(Br)cc1)c1ccccc1Cl)c1ccc(Br)cc1. The molecule has 0 fully saturated rings. The molecule has 0 unspecified atom stereocenters. The van der Waals surface area contributed by atoms with Gasteiger partial charge >= 0.3 is 0 Å². The molecule has 0 aliphatic rings. The van der Waals surface area contributed by atoms with Crippen LogP contribution in [0.15, 0.2) is 81.7 Å². The van der Waals surface area contributed by atoms with Gasteiger partial charge in [0.05, 0.1) is 0 Å². The van der Waals surface area contributed by atoms with Crippen LogP contribution in [0.4, 0.5) is 0 Å².